The van der Waals surface area contributed by atoms with Crippen LogP contribution in [0.4, 0.5) is 0 Å². The van der Waals surface area contributed by atoms with Gasteiger partial charge in [0.05, 0.1) is 6.10 Å². The van der Waals surface area contributed by atoms with Crippen LogP contribution in [0.15, 0.2) is 18.2 Å². The fourth-order valence-electron chi connectivity index (χ4n) is 4.86. The minimum Gasteiger partial charge on any atom is -0.378 e. The molecule has 2 aliphatic rings. The summed E-state index contributed by atoms with van der Waals surface area (Å²) in [4.78, 5) is 0. The molecule has 0 aliphatic heterocycles. The number of benzene rings is 1. The molecule has 26 heavy (non-hydrogen) atoms. The summed E-state index contributed by atoms with van der Waals surface area (Å²) in [5.74, 6) is 0.669. The molecule has 0 aromatic heterocycles. The van der Waals surface area contributed by atoms with Crippen molar-refractivity contribution in [2.24, 2.45) is 5.73 Å². The minimum atomic E-state index is 0.0800. The maximum Gasteiger partial charge on any atom is 0.0618 e. The van der Waals surface area contributed by atoms with Gasteiger partial charge in [-0.05, 0) is 74.0 Å². The molecule has 2 aliphatic carbocycles. The Hall–Kier alpha value is -0.860. The summed E-state index contributed by atoms with van der Waals surface area (Å²) >= 11 is 0. The second-order valence-electron chi connectivity index (χ2n) is 8.83. The zero-order valence-corrected chi connectivity index (χ0v) is 17.1. The molecule has 0 saturated heterocycles. The summed E-state index contributed by atoms with van der Waals surface area (Å²) in [5, 5.41) is 0. The molecule has 2 nitrogen and oxygen atoms in total. The molecule has 3 rings (SSSR count). The largest absolute Gasteiger partial charge is 0.378 e. The van der Waals surface area contributed by atoms with Crippen molar-refractivity contribution in [3.63, 3.8) is 0 Å². The van der Waals surface area contributed by atoms with E-state index >= 15 is 0 Å². The fraction of sp³-hybridized carbons (Fsp3) is 0.750. The molecular formula is C24H39NO. The standard InChI is InChI=1S/C24H39NO/c1-3-5-6-7-8-15-26-23-12-11-19-16-20(9-10-21(19)17-23)22-13-14-24(25,4-2)18-22/h9-10,16,22-23H,3-8,11-15,17-18,25H2,1-2H3/t22-,23?,24+/m0/s1. The Labute approximate surface area is 160 Å². The molecule has 0 bridgehead atoms. The van der Waals surface area contributed by atoms with Gasteiger partial charge in [-0.3, -0.25) is 0 Å². The van der Waals surface area contributed by atoms with Gasteiger partial charge < -0.3 is 10.5 Å². The van der Waals surface area contributed by atoms with Gasteiger partial charge in [0.25, 0.3) is 0 Å². The summed E-state index contributed by atoms with van der Waals surface area (Å²) in [6, 6.07) is 7.24. The van der Waals surface area contributed by atoms with E-state index in [1.54, 1.807) is 5.56 Å². The number of aryl methyl sites for hydroxylation is 1. The predicted molar refractivity (Wildman–Crippen MR) is 111 cm³/mol. The van der Waals surface area contributed by atoms with Crippen LogP contribution in [-0.4, -0.2) is 18.2 Å². The van der Waals surface area contributed by atoms with Crippen molar-refractivity contribution in [3.8, 4) is 0 Å². The van der Waals surface area contributed by atoms with Gasteiger partial charge >= 0.3 is 0 Å². The number of nitrogens with two attached hydrogens (primary N) is 1. The molecule has 1 unspecified atom stereocenters. The molecule has 3 atom stereocenters. The predicted octanol–water partition coefficient (Wildman–Crippen LogP) is 5.91. The lowest BCUT2D eigenvalue weighted by Gasteiger charge is -2.26. The average Bonchev–Trinajstić information content (AvgIpc) is 3.07. The van der Waals surface area contributed by atoms with Crippen molar-refractivity contribution in [3.05, 3.63) is 34.9 Å². The number of unbranched alkanes of at least 4 members (excludes halogenated alkanes) is 4. The lowest BCUT2D eigenvalue weighted by Crippen LogP contribution is -2.35. The van der Waals surface area contributed by atoms with Gasteiger partial charge in [-0.15, -0.1) is 0 Å². The third-order valence-electron chi connectivity index (χ3n) is 6.83. The number of fused-ring (bicyclic) bond motifs is 1. The van der Waals surface area contributed by atoms with Gasteiger partial charge in [0.2, 0.25) is 0 Å². The van der Waals surface area contributed by atoms with Crippen LogP contribution in [0, 0.1) is 0 Å². The highest BCUT2D eigenvalue weighted by Crippen LogP contribution is 2.42. The van der Waals surface area contributed by atoms with E-state index in [0.717, 1.165) is 25.9 Å². The highest BCUT2D eigenvalue weighted by atomic mass is 16.5. The van der Waals surface area contributed by atoms with E-state index in [0.29, 0.717) is 12.0 Å². The van der Waals surface area contributed by atoms with Gasteiger partial charge in [0.15, 0.2) is 0 Å². The highest BCUT2D eigenvalue weighted by molar-refractivity contribution is 5.36. The van der Waals surface area contributed by atoms with E-state index in [-0.39, 0.29) is 5.54 Å². The summed E-state index contributed by atoms with van der Waals surface area (Å²) in [6.07, 6.45) is 15.2. The summed E-state index contributed by atoms with van der Waals surface area (Å²) in [7, 11) is 0. The first-order valence-electron chi connectivity index (χ1n) is 11.2. The quantitative estimate of drug-likeness (QED) is 0.558. The monoisotopic (exact) mass is 357 g/mol. The van der Waals surface area contributed by atoms with E-state index in [1.807, 2.05) is 0 Å². The first kappa shape index (κ1) is 19.9. The molecule has 1 fully saturated rings. The molecule has 0 heterocycles. The van der Waals surface area contributed by atoms with Crippen LogP contribution in [0.25, 0.3) is 0 Å². The lowest BCUT2D eigenvalue weighted by atomic mass is 9.85. The van der Waals surface area contributed by atoms with Gasteiger partial charge in [-0.25, -0.2) is 0 Å². The number of hydrogen-bond acceptors (Lipinski definition) is 2. The highest BCUT2D eigenvalue weighted by Gasteiger charge is 2.35. The molecule has 1 saturated carbocycles. The second kappa shape index (κ2) is 9.37. The number of ether oxygens (including phenoxy) is 1. The van der Waals surface area contributed by atoms with Gasteiger partial charge in [-0.1, -0.05) is 57.7 Å². The summed E-state index contributed by atoms with van der Waals surface area (Å²) in [5.41, 5.74) is 11.2. The topological polar surface area (TPSA) is 35.2 Å². The van der Waals surface area contributed by atoms with Gasteiger partial charge in [0.1, 0.15) is 0 Å². The van der Waals surface area contributed by atoms with Crippen LogP contribution in [0.2, 0.25) is 0 Å². The van der Waals surface area contributed by atoms with Gasteiger partial charge in [-0.2, -0.15) is 0 Å². The zero-order valence-electron chi connectivity index (χ0n) is 17.1. The maximum absolute atomic E-state index is 6.51. The SMILES string of the molecule is CCCCCCCOC1CCc2cc([C@H]3CC[C@](N)(CC)C3)ccc2C1. The van der Waals surface area contributed by atoms with E-state index in [2.05, 4.69) is 32.0 Å². The molecule has 2 N–H and O–H groups in total. The summed E-state index contributed by atoms with van der Waals surface area (Å²) < 4.78 is 6.18. The Bertz CT molecular complexity index is 569. The molecule has 1 aromatic rings. The van der Waals surface area contributed by atoms with Crippen LogP contribution in [-0.2, 0) is 17.6 Å². The van der Waals surface area contributed by atoms with E-state index < -0.39 is 0 Å². The Morgan fingerprint density at radius 2 is 1.92 bits per heavy atom. The van der Waals surface area contributed by atoms with Gasteiger partial charge in [0, 0.05) is 12.1 Å². The van der Waals surface area contributed by atoms with Crippen LogP contribution in [0.5, 0.6) is 0 Å². The molecule has 0 amide bonds. The van der Waals surface area contributed by atoms with Crippen molar-refractivity contribution in [1.82, 2.24) is 0 Å². The lowest BCUT2D eigenvalue weighted by molar-refractivity contribution is 0.0417. The number of rotatable bonds is 9. The molecule has 0 spiro atoms. The van der Waals surface area contributed by atoms with Crippen LogP contribution < -0.4 is 5.73 Å². The Morgan fingerprint density at radius 3 is 2.69 bits per heavy atom. The smallest absolute Gasteiger partial charge is 0.0618 e. The van der Waals surface area contributed by atoms with Crippen LogP contribution >= 0.6 is 0 Å². The Balaban J connectivity index is 1.48. The zero-order chi connectivity index (χ0) is 18.4. The minimum absolute atomic E-state index is 0.0800. The van der Waals surface area contributed by atoms with Crippen molar-refractivity contribution in [1.29, 1.82) is 0 Å². The molecular weight excluding hydrogens is 318 g/mol. The Kier molecular flexibility index (Phi) is 7.17. The van der Waals surface area contributed by atoms with Crippen LogP contribution in [0.1, 0.15) is 101 Å². The second-order valence-corrected chi connectivity index (χ2v) is 8.83. The third-order valence-corrected chi connectivity index (χ3v) is 6.83. The van der Waals surface area contributed by atoms with Crippen molar-refractivity contribution < 1.29 is 4.74 Å². The summed E-state index contributed by atoms with van der Waals surface area (Å²) in [6.45, 7) is 5.45. The normalized spacial score (nSPS) is 28.3. The van der Waals surface area contributed by atoms with E-state index in [4.69, 9.17) is 10.5 Å². The molecule has 2 heteroatoms. The average molecular weight is 358 g/mol. The first-order valence-corrected chi connectivity index (χ1v) is 11.2. The first-order chi connectivity index (χ1) is 12.6. The Morgan fingerprint density at radius 1 is 1.08 bits per heavy atom. The molecule has 1 aromatic carbocycles. The third kappa shape index (κ3) is 5.10. The van der Waals surface area contributed by atoms with E-state index in [1.165, 1.54) is 68.9 Å². The van der Waals surface area contributed by atoms with Crippen molar-refractivity contribution in [2.45, 2.75) is 108 Å². The van der Waals surface area contributed by atoms with Crippen molar-refractivity contribution >= 4 is 0 Å². The fourth-order valence-corrected chi connectivity index (χ4v) is 4.86. The van der Waals surface area contributed by atoms with E-state index in [9.17, 15) is 0 Å². The van der Waals surface area contributed by atoms with Crippen LogP contribution in [0.3, 0.4) is 0 Å². The molecule has 0 radical (unpaired) electrons. The maximum atomic E-state index is 6.51. The molecule has 146 valence electrons. The van der Waals surface area contributed by atoms with Crippen molar-refractivity contribution in [2.75, 3.05) is 6.61 Å². The number of hydrogen-bond donors (Lipinski definition) is 1.